The van der Waals surface area contributed by atoms with Gasteiger partial charge < -0.3 is 24.8 Å². The minimum absolute atomic E-state index is 0. The predicted octanol–water partition coefficient (Wildman–Crippen LogP) is 0.0804. The van der Waals surface area contributed by atoms with E-state index in [1.54, 1.807) is 0 Å². The van der Waals surface area contributed by atoms with Crippen LogP contribution >= 0.6 is 15.2 Å². The van der Waals surface area contributed by atoms with Crippen LogP contribution in [0.4, 0.5) is 0 Å². The molecule has 0 bridgehead atoms. The molecule has 0 N–H and O–H groups in total. The van der Waals surface area contributed by atoms with Crippen LogP contribution in [0.3, 0.4) is 0 Å². The Morgan fingerprint density at radius 1 is 0.952 bits per heavy atom. The van der Waals surface area contributed by atoms with Crippen LogP contribution in [0.25, 0.3) is 0 Å². The van der Waals surface area contributed by atoms with Gasteiger partial charge in [0.15, 0.2) is 0 Å². The molecule has 1 rings (SSSR count). The van der Waals surface area contributed by atoms with E-state index in [-0.39, 0.29) is 24.8 Å². The molecule has 0 aromatic carbocycles. The summed E-state index contributed by atoms with van der Waals surface area (Å²) in [5.74, 6) is 0. The summed E-state index contributed by atoms with van der Waals surface area (Å²) < 4.78 is 0. The minimum Gasteiger partial charge on any atom is -1.00 e. The van der Waals surface area contributed by atoms with Crippen LogP contribution in [-0.4, -0.2) is 19.0 Å². The van der Waals surface area contributed by atoms with Gasteiger partial charge in [-0.1, -0.05) is 48.0 Å². The van der Waals surface area contributed by atoms with E-state index in [1.165, 1.54) is 25.7 Å². The molecule has 21 heavy (non-hydrogen) atoms. The number of hydrogen-bond donors (Lipinski definition) is 0. The van der Waals surface area contributed by atoms with Crippen LogP contribution in [0.15, 0.2) is 0 Å². The maximum absolute atomic E-state index is 2.46. The molecule has 1 aliphatic rings. The topological polar surface area (TPSA) is 0 Å². The summed E-state index contributed by atoms with van der Waals surface area (Å²) in [4.78, 5) is 0. The van der Waals surface area contributed by atoms with E-state index in [2.05, 4.69) is 74.8 Å². The Morgan fingerprint density at radius 2 is 1.33 bits per heavy atom. The van der Waals surface area contributed by atoms with Gasteiger partial charge in [-0.25, -0.2) is 0 Å². The maximum atomic E-state index is 2.46. The smallest absolute Gasteiger partial charge is 1.00 e. The normalized spacial score (nSPS) is 22.5. The van der Waals surface area contributed by atoms with Crippen molar-refractivity contribution in [3.05, 3.63) is 0 Å². The summed E-state index contributed by atoms with van der Waals surface area (Å²) in [7, 11) is 1.13. The molecule has 127 valence electrons. The summed E-state index contributed by atoms with van der Waals surface area (Å²) in [6, 6.07) is 0. The Morgan fingerprint density at radius 3 is 1.62 bits per heavy atom. The summed E-state index contributed by atoms with van der Waals surface area (Å²) >= 11 is 2.15. The Kier molecular flexibility index (Phi) is 15.5. The molecule has 1 aliphatic carbocycles. The first-order valence-corrected chi connectivity index (χ1v) is 13.0. The molecule has 5 heteroatoms. The van der Waals surface area contributed by atoms with Crippen LogP contribution in [0.1, 0.15) is 67.2 Å². The molecule has 0 amide bonds. The van der Waals surface area contributed by atoms with Crippen molar-refractivity contribution in [2.45, 2.75) is 72.9 Å². The molecule has 3 atom stereocenters. The van der Waals surface area contributed by atoms with Gasteiger partial charge in [0, 0.05) is 0 Å². The van der Waals surface area contributed by atoms with Gasteiger partial charge in [-0.05, 0) is 47.8 Å². The van der Waals surface area contributed by atoms with E-state index in [4.69, 9.17) is 0 Å². The number of hydrogen-bond acceptors (Lipinski definition) is 0. The van der Waals surface area contributed by atoms with Gasteiger partial charge in [0.05, 0.1) is 0 Å². The van der Waals surface area contributed by atoms with Gasteiger partial charge >= 0.3 is 33.2 Å². The van der Waals surface area contributed by atoms with Crippen molar-refractivity contribution in [2.75, 3.05) is 13.3 Å². The van der Waals surface area contributed by atoms with Gasteiger partial charge in [-0.3, -0.25) is 0 Å². The molecular formula is C16H35Cl2P2Ti. The third kappa shape index (κ3) is 7.71. The molecule has 3 unspecified atom stereocenters. The molecular weight excluding hydrogens is 373 g/mol. The minimum atomic E-state index is 0. The van der Waals surface area contributed by atoms with Crippen molar-refractivity contribution in [1.29, 1.82) is 0 Å². The zero-order valence-corrected chi connectivity index (χ0v) is 20.2. The van der Waals surface area contributed by atoms with Crippen molar-refractivity contribution < 1.29 is 44.7 Å². The second-order valence-electron chi connectivity index (χ2n) is 7.91. The first-order valence-electron chi connectivity index (χ1n) is 7.56. The second-order valence-corrected chi connectivity index (χ2v) is 12.2. The molecule has 0 spiro atoms. The zero-order valence-electron chi connectivity index (χ0n) is 15.2. The first-order chi connectivity index (χ1) is 8.55. The van der Waals surface area contributed by atoms with Crippen LogP contribution < -0.4 is 24.8 Å². The molecule has 0 nitrogen and oxygen atoms in total. The SMILES string of the molecule is CPC1CCCC(C(C)(C)C)(C(C)(C)C)C1.C[PH][Ti+2].[Cl-].[Cl-]. The zero-order chi connectivity index (χ0) is 15.3. The Hall–Kier alpha value is 2.15. The van der Waals surface area contributed by atoms with Gasteiger partial charge in [0.1, 0.15) is 0 Å². The largest absolute Gasteiger partial charge is 1.00 e. The molecule has 1 fully saturated rings. The molecule has 0 saturated heterocycles. The average molecular weight is 408 g/mol. The van der Waals surface area contributed by atoms with Crippen LogP contribution in [0.5, 0.6) is 0 Å². The second kappa shape index (κ2) is 11.7. The molecule has 1 saturated carbocycles. The van der Waals surface area contributed by atoms with Crippen LogP contribution in [0.2, 0.25) is 0 Å². The third-order valence-electron chi connectivity index (χ3n) is 5.03. The maximum Gasteiger partial charge on any atom is -1.00 e. The van der Waals surface area contributed by atoms with E-state index in [0.29, 0.717) is 16.2 Å². The van der Waals surface area contributed by atoms with E-state index >= 15 is 0 Å². The summed E-state index contributed by atoms with van der Waals surface area (Å²) in [6.07, 6.45) is 5.80. The van der Waals surface area contributed by atoms with Gasteiger partial charge in [0.25, 0.3) is 0 Å². The first kappa shape index (κ1) is 28.0. The van der Waals surface area contributed by atoms with Crippen molar-refractivity contribution in [2.24, 2.45) is 16.2 Å². The van der Waals surface area contributed by atoms with Crippen molar-refractivity contribution in [1.82, 2.24) is 0 Å². The average Bonchev–Trinajstić information content (AvgIpc) is 2.27. The Labute approximate surface area is 161 Å². The van der Waals surface area contributed by atoms with E-state index in [1.807, 2.05) is 0 Å². The molecule has 0 aromatic rings. The summed E-state index contributed by atoms with van der Waals surface area (Å²) in [6.45, 7) is 20.4. The number of rotatable bonds is 1. The molecule has 0 heterocycles. The van der Waals surface area contributed by atoms with Crippen LogP contribution in [-0.2, 0) is 19.9 Å². The Bertz CT molecular complexity index is 246. The number of halogens is 2. The van der Waals surface area contributed by atoms with E-state index in [0.717, 1.165) is 20.8 Å². The third-order valence-corrected chi connectivity index (χ3v) is 6.34. The fourth-order valence-electron chi connectivity index (χ4n) is 4.01. The quantitative estimate of drug-likeness (QED) is 0.426. The fraction of sp³-hybridized carbons (Fsp3) is 1.00. The van der Waals surface area contributed by atoms with Crippen molar-refractivity contribution in [3.63, 3.8) is 0 Å². The molecule has 0 radical (unpaired) electrons. The monoisotopic (exact) mass is 407 g/mol. The van der Waals surface area contributed by atoms with E-state index < -0.39 is 0 Å². The van der Waals surface area contributed by atoms with Crippen molar-refractivity contribution in [3.8, 4) is 0 Å². The van der Waals surface area contributed by atoms with Gasteiger partial charge in [-0.15, -0.1) is 8.58 Å². The standard InChI is InChI=1S/C15H31P.CH4P.2ClH.Ti/c1-13(2,3)15(14(4,5)6)10-8-9-12(11-15)16-7;1-2;;;/h12,16H,8-11H2,1-7H3;2H,1H3;2*1H;/q;-1;;;+3/p-2. The van der Waals surface area contributed by atoms with Crippen LogP contribution in [0, 0.1) is 16.2 Å². The summed E-state index contributed by atoms with van der Waals surface area (Å²) in [5.41, 5.74) is 2.39. The summed E-state index contributed by atoms with van der Waals surface area (Å²) in [5, 5.41) is 0. The van der Waals surface area contributed by atoms with Gasteiger partial charge in [-0.2, -0.15) is 0 Å². The predicted molar refractivity (Wildman–Crippen MR) is 92.1 cm³/mol. The Balaban J connectivity index is -0.000000596. The van der Waals surface area contributed by atoms with E-state index in [9.17, 15) is 0 Å². The molecule has 0 aromatic heterocycles. The molecule has 0 aliphatic heterocycles. The fourth-order valence-corrected chi connectivity index (χ4v) is 5.05. The van der Waals surface area contributed by atoms with Crippen molar-refractivity contribution >= 4 is 15.2 Å². The van der Waals surface area contributed by atoms with Gasteiger partial charge in [0.2, 0.25) is 0 Å².